The molecule has 4 heteroatoms. The lowest BCUT2D eigenvalue weighted by molar-refractivity contribution is 0.247. The third-order valence-corrected chi connectivity index (χ3v) is 3.13. The summed E-state index contributed by atoms with van der Waals surface area (Å²) in [6, 6.07) is 0.440. The lowest BCUT2D eigenvalue weighted by Crippen LogP contribution is -2.49. The van der Waals surface area contributed by atoms with Gasteiger partial charge in [-0.15, -0.1) is 0 Å². The van der Waals surface area contributed by atoms with E-state index in [9.17, 15) is 4.79 Å². The minimum Gasteiger partial charge on any atom is -0.369 e. The molecule has 2 fully saturated rings. The van der Waals surface area contributed by atoms with Gasteiger partial charge in [0.1, 0.15) is 0 Å². The van der Waals surface area contributed by atoms with Crippen molar-refractivity contribution < 1.29 is 4.79 Å². The molecule has 2 saturated heterocycles. The van der Waals surface area contributed by atoms with Crippen LogP contribution >= 0.6 is 0 Å². The van der Waals surface area contributed by atoms with Gasteiger partial charge >= 0.3 is 6.03 Å². The zero-order valence-electron chi connectivity index (χ0n) is 7.86. The number of fused-ring (bicyclic) bond motifs is 3. The average molecular weight is 191 g/mol. The van der Waals surface area contributed by atoms with Gasteiger partial charge in [-0.05, 0) is 12.5 Å². The molecule has 2 N–H and O–H groups in total. The van der Waals surface area contributed by atoms with E-state index < -0.39 is 0 Å². The number of nitrogens with zero attached hydrogens (tertiary/aromatic N) is 1. The van der Waals surface area contributed by atoms with Crippen molar-refractivity contribution in [2.24, 2.45) is 0 Å². The summed E-state index contributed by atoms with van der Waals surface area (Å²) in [6.07, 6.45) is 7.36. The molecular weight excluding hydrogens is 178 g/mol. The molecule has 0 spiro atoms. The molecule has 0 aliphatic carbocycles. The zero-order chi connectivity index (χ0) is 9.54. The van der Waals surface area contributed by atoms with Crippen molar-refractivity contribution in [1.29, 1.82) is 0 Å². The normalized spacial score (nSPS) is 34.1. The zero-order valence-corrected chi connectivity index (χ0v) is 7.86. The van der Waals surface area contributed by atoms with Gasteiger partial charge in [-0.1, -0.05) is 12.2 Å². The number of amides is 2. The molecule has 0 aromatic heterocycles. The Hall–Kier alpha value is -1.45. The lowest BCUT2D eigenvalue weighted by atomic mass is 9.95. The van der Waals surface area contributed by atoms with E-state index >= 15 is 0 Å². The Bertz CT molecular complexity index is 334. The Morgan fingerprint density at radius 1 is 1.43 bits per heavy atom. The number of allylic oxidation sites excluding steroid dienone is 2. The highest BCUT2D eigenvalue weighted by Gasteiger charge is 2.39. The summed E-state index contributed by atoms with van der Waals surface area (Å²) in [7, 11) is 0. The second-order valence-electron chi connectivity index (χ2n) is 3.96. The third kappa shape index (κ3) is 1.03. The van der Waals surface area contributed by atoms with Crippen molar-refractivity contribution in [3.8, 4) is 0 Å². The predicted octanol–water partition coefficient (Wildman–Crippen LogP) is 0.196. The van der Waals surface area contributed by atoms with E-state index in [-0.39, 0.29) is 18.1 Å². The summed E-state index contributed by atoms with van der Waals surface area (Å²) < 4.78 is 0. The molecule has 3 aliphatic rings. The van der Waals surface area contributed by atoms with Crippen molar-refractivity contribution in [3.05, 3.63) is 23.9 Å². The van der Waals surface area contributed by atoms with E-state index in [1.165, 1.54) is 5.70 Å². The van der Waals surface area contributed by atoms with E-state index in [0.29, 0.717) is 0 Å². The Morgan fingerprint density at radius 3 is 3.29 bits per heavy atom. The van der Waals surface area contributed by atoms with E-state index in [0.717, 1.165) is 19.5 Å². The van der Waals surface area contributed by atoms with Gasteiger partial charge in [0, 0.05) is 18.8 Å². The van der Waals surface area contributed by atoms with Crippen LogP contribution in [0, 0.1) is 0 Å². The summed E-state index contributed by atoms with van der Waals surface area (Å²) in [5, 5.41) is 5.91. The van der Waals surface area contributed by atoms with Crippen molar-refractivity contribution in [2.45, 2.75) is 18.5 Å². The van der Waals surface area contributed by atoms with Crippen molar-refractivity contribution in [1.82, 2.24) is 15.5 Å². The molecule has 0 saturated carbocycles. The van der Waals surface area contributed by atoms with Crippen LogP contribution in [-0.2, 0) is 0 Å². The van der Waals surface area contributed by atoms with Gasteiger partial charge in [-0.3, -0.25) is 0 Å². The maximum absolute atomic E-state index is 11.2. The number of hydrogen-bond donors (Lipinski definition) is 2. The Labute approximate surface area is 82.6 Å². The van der Waals surface area contributed by atoms with Crippen LogP contribution in [0.1, 0.15) is 6.42 Å². The fourth-order valence-corrected chi connectivity index (χ4v) is 2.44. The van der Waals surface area contributed by atoms with Crippen LogP contribution in [0.4, 0.5) is 4.79 Å². The van der Waals surface area contributed by atoms with Crippen molar-refractivity contribution in [2.75, 3.05) is 13.1 Å². The number of rotatable bonds is 0. The number of carbonyl (C=O) groups is 1. The molecule has 74 valence electrons. The van der Waals surface area contributed by atoms with E-state index in [1.54, 1.807) is 0 Å². The minimum absolute atomic E-state index is 0.0303. The second kappa shape index (κ2) is 2.77. The van der Waals surface area contributed by atoms with Gasteiger partial charge in [0.15, 0.2) is 0 Å². The fourth-order valence-electron chi connectivity index (χ4n) is 2.44. The van der Waals surface area contributed by atoms with Crippen LogP contribution in [0.3, 0.4) is 0 Å². The van der Waals surface area contributed by atoms with Gasteiger partial charge in [0.05, 0.1) is 12.1 Å². The Morgan fingerprint density at radius 2 is 2.36 bits per heavy atom. The molecule has 2 unspecified atom stereocenters. The SMILES string of the molecule is O=C1NC2CCN3CC=CC=C3C2N1. The van der Waals surface area contributed by atoms with Crippen molar-refractivity contribution >= 4 is 6.03 Å². The summed E-state index contributed by atoms with van der Waals surface area (Å²) in [6.45, 7) is 2.02. The van der Waals surface area contributed by atoms with E-state index in [4.69, 9.17) is 0 Å². The molecule has 3 aliphatic heterocycles. The summed E-state index contributed by atoms with van der Waals surface area (Å²) in [4.78, 5) is 13.5. The first-order chi connectivity index (χ1) is 6.84. The average Bonchev–Trinajstić information content (AvgIpc) is 2.59. The topological polar surface area (TPSA) is 44.4 Å². The van der Waals surface area contributed by atoms with Crippen LogP contribution in [0.2, 0.25) is 0 Å². The molecule has 2 atom stereocenters. The monoisotopic (exact) mass is 191 g/mol. The highest BCUT2D eigenvalue weighted by Crippen LogP contribution is 2.25. The maximum atomic E-state index is 11.2. The van der Waals surface area contributed by atoms with Gasteiger partial charge in [-0.2, -0.15) is 0 Å². The molecule has 0 aromatic carbocycles. The molecule has 3 rings (SSSR count). The van der Waals surface area contributed by atoms with Crippen LogP contribution in [0.15, 0.2) is 23.9 Å². The first-order valence-corrected chi connectivity index (χ1v) is 5.03. The van der Waals surface area contributed by atoms with E-state index in [2.05, 4.69) is 33.8 Å². The molecule has 3 heterocycles. The van der Waals surface area contributed by atoms with Crippen LogP contribution < -0.4 is 10.6 Å². The largest absolute Gasteiger partial charge is 0.369 e. The lowest BCUT2D eigenvalue weighted by Gasteiger charge is -2.38. The Balaban J connectivity index is 1.92. The number of carbonyl (C=O) groups excluding carboxylic acids is 1. The number of piperidine rings is 1. The summed E-state index contributed by atoms with van der Waals surface area (Å²) in [5.41, 5.74) is 1.25. The number of nitrogens with one attached hydrogen (secondary N) is 2. The first kappa shape index (κ1) is 7.91. The van der Waals surface area contributed by atoms with Gasteiger partial charge in [0.2, 0.25) is 0 Å². The second-order valence-corrected chi connectivity index (χ2v) is 3.96. The van der Waals surface area contributed by atoms with Gasteiger partial charge in [-0.25, -0.2) is 4.79 Å². The fraction of sp³-hybridized carbons (Fsp3) is 0.500. The number of urea groups is 1. The first-order valence-electron chi connectivity index (χ1n) is 5.03. The molecule has 4 nitrogen and oxygen atoms in total. The van der Waals surface area contributed by atoms with Crippen molar-refractivity contribution in [3.63, 3.8) is 0 Å². The smallest absolute Gasteiger partial charge is 0.315 e. The van der Waals surface area contributed by atoms with Gasteiger partial charge < -0.3 is 15.5 Å². The number of hydrogen-bond acceptors (Lipinski definition) is 2. The summed E-state index contributed by atoms with van der Waals surface area (Å²) in [5.74, 6) is 0. The molecule has 0 radical (unpaired) electrons. The molecule has 0 bridgehead atoms. The minimum atomic E-state index is -0.0303. The third-order valence-electron chi connectivity index (χ3n) is 3.13. The molecular formula is C10H13N3O. The van der Waals surface area contributed by atoms with Gasteiger partial charge in [0.25, 0.3) is 0 Å². The summed E-state index contributed by atoms with van der Waals surface area (Å²) >= 11 is 0. The molecule has 14 heavy (non-hydrogen) atoms. The maximum Gasteiger partial charge on any atom is 0.315 e. The van der Waals surface area contributed by atoms with Crippen LogP contribution in [-0.4, -0.2) is 36.1 Å². The molecule has 2 amide bonds. The highest BCUT2D eigenvalue weighted by atomic mass is 16.2. The predicted molar refractivity (Wildman–Crippen MR) is 52.7 cm³/mol. The Kier molecular flexibility index (Phi) is 1.56. The quantitative estimate of drug-likeness (QED) is 0.574. The highest BCUT2D eigenvalue weighted by molar-refractivity contribution is 5.78. The molecule has 0 aromatic rings. The standard InChI is InChI=1S/C10H13N3O/c14-10-11-7-4-6-13-5-2-1-3-8(13)9(7)12-10/h1-3,7,9H,4-6H2,(H2,11,12,14). The van der Waals surface area contributed by atoms with Crippen LogP contribution in [0.5, 0.6) is 0 Å². The van der Waals surface area contributed by atoms with E-state index in [1.807, 2.05) is 0 Å². The van der Waals surface area contributed by atoms with Crippen LogP contribution in [0.25, 0.3) is 0 Å².